The summed E-state index contributed by atoms with van der Waals surface area (Å²) in [4.78, 5) is 71.9. The number of thioether (sulfide) groups is 1. The van der Waals surface area contributed by atoms with Gasteiger partial charge in [-0.25, -0.2) is 9.78 Å². The molecule has 3 amide bonds. The summed E-state index contributed by atoms with van der Waals surface area (Å²) in [6, 6.07) is -1.71. The van der Waals surface area contributed by atoms with Crippen LogP contribution in [0.3, 0.4) is 0 Å². The van der Waals surface area contributed by atoms with Crippen molar-refractivity contribution in [1.29, 1.82) is 0 Å². The lowest BCUT2D eigenvalue weighted by molar-refractivity contribution is -0.182. The Morgan fingerprint density at radius 2 is 2.00 bits per heavy atom. The Labute approximate surface area is 232 Å². The average Bonchev–Trinajstić information content (AvgIpc) is 3.29. The van der Waals surface area contributed by atoms with Crippen LogP contribution in [-0.2, 0) is 38.3 Å². The Morgan fingerprint density at radius 1 is 1.29 bits per heavy atom. The first-order valence-electron chi connectivity index (χ1n) is 11.1. The second-order valence-electron chi connectivity index (χ2n) is 7.73. The minimum Gasteiger partial charge on any atom is -0.426 e. The smallest absolute Gasteiger partial charge is 0.357 e. The maximum Gasteiger partial charge on any atom is 0.357 e. The van der Waals surface area contributed by atoms with Crippen LogP contribution < -0.4 is 16.4 Å². The third-order valence-electron chi connectivity index (χ3n) is 4.84. The number of esters is 2. The first kappa shape index (κ1) is 31.0. The minimum absolute atomic E-state index is 0. The number of β-lactam (4-membered cyclic amide) rings is 1. The van der Waals surface area contributed by atoms with Gasteiger partial charge < -0.3 is 30.7 Å². The highest BCUT2D eigenvalue weighted by molar-refractivity contribution is 8.00. The molecule has 2 unspecified atom stereocenters. The van der Waals surface area contributed by atoms with E-state index in [2.05, 4.69) is 20.8 Å². The van der Waals surface area contributed by atoms with Crippen molar-refractivity contribution in [3.05, 3.63) is 22.8 Å². The molecule has 38 heavy (non-hydrogen) atoms. The van der Waals surface area contributed by atoms with Gasteiger partial charge in [-0.3, -0.25) is 24.1 Å². The number of hydrogen-bond acceptors (Lipinski definition) is 13. The molecule has 4 N–H and O–H groups in total. The fraction of sp³-hybridized carbons (Fsp3) is 0.476. The SMILES string of the molecule is CCON=C(C(=O)NC1C(=O)N2C(C(=O)OC(C)OC(C)=O)=CCS[C@H]12)c1csc(NC(=O)[C@H](C)N)n1.Cl. The Kier molecular flexibility index (Phi) is 11.1. The molecule has 2 aliphatic rings. The van der Waals surface area contributed by atoms with Gasteiger partial charge in [-0.05, 0) is 19.9 Å². The number of hydrogen-bond donors (Lipinski definition) is 3. The van der Waals surface area contributed by atoms with Crippen molar-refractivity contribution in [2.45, 2.75) is 51.4 Å². The summed E-state index contributed by atoms with van der Waals surface area (Å²) < 4.78 is 9.87. The van der Waals surface area contributed by atoms with Crippen molar-refractivity contribution < 1.29 is 38.3 Å². The minimum atomic E-state index is -1.14. The summed E-state index contributed by atoms with van der Waals surface area (Å²) in [7, 11) is 0. The molecule has 0 radical (unpaired) electrons. The number of aromatic nitrogens is 1. The number of anilines is 1. The van der Waals surface area contributed by atoms with Gasteiger partial charge in [-0.1, -0.05) is 5.16 Å². The zero-order valence-corrected chi connectivity index (χ0v) is 23.2. The van der Waals surface area contributed by atoms with E-state index < -0.39 is 53.4 Å². The zero-order chi connectivity index (χ0) is 27.3. The molecule has 1 aromatic rings. The third kappa shape index (κ3) is 7.21. The van der Waals surface area contributed by atoms with Crippen molar-refractivity contribution in [2.24, 2.45) is 10.9 Å². The first-order chi connectivity index (χ1) is 17.5. The lowest BCUT2D eigenvalue weighted by atomic mass is 10.0. The molecule has 0 saturated carbocycles. The first-order valence-corrected chi connectivity index (χ1v) is 13.0. The Morgan fingerprint density at radius 3 is 2.63 bits per heavy atom. The Balaban J connectivity index is 0.00000507. The van der Waals surface area contributed by atoms with Crippen LogP contribution in [0.1, 0.15) is 33.4 Å². The summed E-state index contributed by atoms with van der Waals surface area (Å²) in [5, 5.41) is 10.1. The number of halogens is 1. The molecule has 17 heteroatoms. The van der Waals surface area contributed by atoms with E-state index in [9.17, 15) is 24.0 Å². The second kappa shape index (κ2) is 13.5. The van der Waals surface area contributed by atoms with Crippen LogP contribution in [0, 0.1) is 0 Å². The van der Waals surface area contributed by atoms with Crippen LogP contribution in [0.2, 0.25) is 0 Å². The largest absolute Gasteiger partial charge is 0.426 e. The molecule has 0 aliphatic carbocycles. The van der Waals surface area contributed by atoms with Gasteiger partial charge in [0.2, 0.25) is 12.2 Å². The van der Waals surface area contributed by atoms with E-state index in [4.69, 9.17) is 20.0 Å². The molecule has 1 saturated heterocycles. The van der Waals surface area contributed by atoms with Crippen molar-refractivity contribution >= 4 is 76.0 Å². The highest BCUT2D eigenvalue weighted by atomic mass is 35.5. The van der Waals surface area contributed by atoms with Gasteiger partial charge in [0.25, 0.3) is 11.8 Å². The standard InChI is InChI=1S/C21H26N6O8S2.ClH/c1-5-33-26-14(12-8-37-21(23-12)25-16(29)9(2)22)17(30)24-15-18(31)27-13(6-7-36-19(15)27)20(32)35-11(4)34-10(3)28;/h6,8-9,11,15,19H,5,7,22H2,1-4H3,(H,24,30)(H,23,25,29);1H/t9-,11?,15?,19+;/m0./s1. The lowest BCUT2D eigenvalue weighted by Crippen LogP contribution is -2.70. The highest BCUT2D eigenvalue weighted by Gasteiger charge is 2.53. The quantitative estimate of drug-likeness (QED) is 0.112. The number of oxime groups is 1. The summed E-state index contributed by atoms with van der Waals surface area (Å²) in [6.45, 7) is 5.92. The van der Waals surface area contributed by atoms with E-state index in [1.165, 1.54) is 48.9 Å². The number of carbonyl (C=O) groups is 5. The number of thiazole rings is 1. The molecule has 208 valence electrons. The molecule has 3 rings (SSSR count). The van der Waals surface area contributed by atoms with Crippen molar-refractivity contribution in [3.63, 3.8) is 0 Å². The van der Waals surface area contributed by atoms with E-state index in [-0.39, 0.29) is 41.2 Å². The van der Waals surface area contributed by atoms with E-state index in [0.29, 0.717) is 5.75 Å². The summed E-state index contributed by atoms with van der Waals surface area (Å²) in [5.74, 6) is -2.80. The maximum atomic E-state index is 13.1. The van der Waals surface area contributed by atoms with Gasteiger partial charge in [0.05, 0.1) is 6.04 Å². The van der Waals surface area contributed by atoms with Gasteiger partial charge >= 0.3 is 11.9 Å². The summed E-state index contributed by atoms with van der Waals surface area (Å²) in [5.41, 5.74) is 5.47. The van der Waals surface area contributed by atoms with Crippen LogP contribution in [0.15, 0.2) is 22.3 Å². The van der Waals surface area contributed by atoms with Gasteiger partial charge in [0.1, 0.15) is 29.4 Å². The van der Waals surface area contributed by atoms with Crippen LogP contribution in [0.5, 0.6) is 0 Å². The lowest BCUT2D eigenvalue weighted by Gasteiger charge is -2.48. The molecule has 0 bridgehead atoms. The van der Waals surface area contributed by atoms with Crippen molar-refractivity contribution in [1.82, 2.24) is 15.2 Å². The highest BCUT2D eigenvalue weighted by Crippen LogP contribution is 2.38. The Bertz CT molecular complexity index is 1160. The molecular weight excluding hydrogens is 564 g/mol. The molecule has 0 spiro atoms. The zero-order valence-electron chi connectivity index (χ0n) is 20.8. The number of amides is 3. The third-order valence-corrected chi connectivity index (χ3v) is 6.78. The number of nitrogens with one attached hydrogen (secondary N) is 2. The molecule has 0 aromatic carbocycles. The number of fused-ring (bicyclic) bond motifs is 1. The van der Waals surface area contributed by atoms with Crippen LogP contribution in [-0.4, -0.2) is 81.4 Å². The predicted molar refractivity (Wildman–Crippen MR) is 140 cm³/mol. The number of carbonyl (C=O) groups excluding carboxylic acids is 5. The number of nitrogens with zero attached hydrogens (tertiary/aromatic N) is 3. The van der Waals surface area contributed by atoms with Gasteiger partial charge in [-0.15, -0.1) is 35.5 Å². The molecule has 4 atom stereocenters. The fourth-order valence-corrected chi connectivity index (χ4v) is 5.09. The second-order valence-corrected chi connectivity index (χ2v) is 9.74. The molecule has 1 aromatic heterocycles. The van der Waals surface area contributed by atoms with Crippen molar-refractivity contribution in [2.75, 3.05) is 17.7 Å². The topological polar surface area (TPSA) is 192 Å². The van der Waals surface area contributed by atoms with Gasteiger partial charge in [0, 0.05) is 25.0 Å². The van der Waals surface area contributed by atoms with Crippen LogP contribution in [0.25, 0.3) is 0 Å². The fourth-order valence-electron chi connectivity index (χ4n) is 3.20. The van der Waals surface area contributed by atoms with Gasteiger partial charge in [0.15, 0.2) is 10.8 Å². The number of rotatable bonds is 10. The average molecular weight is 591 g/mol. The molecule has 1 fully saturated rings. The molecule has 2 aliphatic heterocycles. The summed E-state index contributed by atoms with van der Waals surface area (Å²) in [6.07, 6.45) is 0.388. The monoisotopic (exact) mass is 590 g/mol. The van der Waals surface area contributed by atoms with E-state index >= 15 is 0 Å². The number of nitrogens with two attached hydrogens (primary N) is 1. The van der Waals surface area contributed by atoms with Crippen LogP contribution >= 0.6 is 35.5 Å². The maximum absolute atomic E-state index is 13.1. The molecular formula is C21H27ClN6O8S2. The van der Waals surface area contributed by atoms with E-state index in [1.54, 1.807) is 6.92 Å². The van der Waals surface area contributed by atoms with E-state index in [0.717, 1.165) is 11.3 Å². The predicted octanol–water partition coefficient (Wildman–Crippen LogP) is 0.327. The molecule has 3 heterocycles. The summed E-state index contributed by atoms with van der Waals surface area (Å²) >= 11 is 2.39. The molecule has 14 nitrogen and oxygen atoms in total. The van der Waals surface area contributed by atoms with Crippen molar-refractivity contribution in [3.8, 4) is 0 Å². The number of ether oxygens (including phenoxy) is 2. The van der Waals surface area contributed by atoms with Gasteiger partial charge in [-0.2, -0.15) is 0 Å². The normalized spacial score (nSPS) is 19.9. The Hall–Kier alpha value is -3.21. The van der Waals surface area contributed by atoms with Crippen LogP contribution in [0.4, 0.5) is 5.13 Å². The van der Waals surface area contributed by atoms with E-state index in [1.807, 2.05) is 0 Å².